The van der Waals surface area contributed by atoms with Crippen LogP contribution in [0.1, 0.15) is 32.6 Å². The first kappa shape index (κ1) is 6.45. The van der Waals surface area contributed by atoms with Crippen molar-refractivity contribution in [1.29, 1.82) is 0 Å². The summed E-state index contributed by atoms with van der Waals surface area (Å²) in [6.45, 7) is 6.37. The molecule has 0 aliphatic heterocycles. The molecule has 10 heavy (non-hydrogen) atoms. The Morgan fingerprint density at radius 2 is 2.00 bits per heavy atom. The molecule has 1 unspecified atom stereocenters. The van der Waals surface area contributed by atoms with Crippen LogP contribution in [-0.2, 0) is 0 Å². The van der Waals surface area contributed by atoms with Crippen molar-refractivity contribution in [2.45, 2.75) is 32.6 Å². The van der Waals surface area contributed by atoms with E-state index in [0.717, 1.165) is 11.8 Å². The fourth-order valence-electron chi connectivity index (χ4n) is 3.04. The van der Waals surface area contributed by atoms with Gasteiger partial charge in [0.2, 0.25) is 0 Å². The summed E-state index contributed by atoms with van der Waals surface area (Å²) in [5.74, 6) is 1.86. The van der Waals surface area contributed by atoms with Gasteiger partial charge in [-0.15, -0.1) is 6.58 Å². The molecule has 0 heterocycles. The lowest BCUT2D eigenvalue weighted by Gasteiger charge is -2.24. The topological polar surface area (TPSA) is 0 Å². The van der Waals surface area contributed by atoms with E-state index in [0.29, 0.717) is 5.41 Å². The maximum atomic E-state index is 3.93. The van der Waals surface area contributed by atoms with Crippen LogP contribution in [0.5, 0.6) is 0 Å². The molecule has 0 aromatic heterocycles. The molecule has 2 rings (SSSR count). The van der Waals surface area contributed by atoms with Crippen LogP contribution in [0.2, 0.25) is 0 Å². The molecule has 0 aromatic rings. The highest BCUT2D eigenvalue weighted by Gasteiger charge is 2.48. The molecule has 0 spiro atoms. The van der Waals surface area contributed by atoms with Gasteiger partial charge in [-0.3, -0.25) is 0 Å². The molecule has 0 heteroatoms. The maximum absolute atomic E-state index is 3.93. The molecule has 2 fully saturated rings. The normalized spacial score (nSPS) is 51.7. The predicted molar refractivity (Wildman–Crippen MR) is 43.8 cm³/mol. The van der Waals surface area contributed by atoms with Crippen LogP contribution in [0.3, 0.4) is 0 Å². The SMILES string of the molecule is C=CC1C2CCC1(C)CC2. The monoisotopic (exact) mass is 136 g/mol. The zero-order valence-corrected chi connectivity index (χ0v) is 6.77. The zero-order chi connectivity index (χ0) is 7.19. The van der Waals surface area contributed by atoms with Gasteiger partial charge in [0, 0.05) is 0 Å². The second-order valence-electron chi connectivity index (χ2n) is 4.25. The van der Waals surface area contributed by atoms with Crippen molar-refractivity contribution in [3.63, 3.8) is 0 Å². The van der Waals surface area contributed by atoms with Gasteiger partial charge in [0.05, 0.1) is 0 Å². The minimum atomic E-state index is 0.659. The third-order valence-electron chi connectivity index (χ3n) is 3.74. The minimum Gasteiger partial charge on any atom is -0.103 e. The first-order valence-electron chi connectivity index (χ1n) is 4.39. The molecule has 2 aliphatic rings. The second kappa shape index (κ2) is 1.87. The summed E-state index contributed by atoms with van der Waals surface area (Å²) < 4.78 is 0. The molecule has 2 saturated carbocycles. The fraction of sp³-hybridized carbons (Fsp3) is 0.800. The molecule has 0 N–H and O–H groups in total. The highest BCUT2D eigenvalue weighted by molar-refractivity contribution is 5.06. The Balaban J connectivity index is 2.27. The van der Waals surface area contributed by atoms with E-state index < -0.39 is 0 Å². The summed E-state index contributed by atoms with van der Waals surface area (Å²) >= 11 is 0. The van der Waals surface area contributed by atoms with Gasteiger partial charge in [0.1, 0.15) is 0 Å². The molecular formula is C10H16. The summed E-state index contributed by atoms with van der Waals surface area (Å²) in [6.07, 6.45) is 8.04. The van der Waals surface area contributed by atoms with Crippen LogP contribution in [0, 0.1) is 17.3 Å². The van der Waals surface area contributed by atoms with Gasteiger partial charge in [0.15, 0.2) is 0 Å². The first-order valence-corrected chi connectivity index (χ1v) is 4.39. The third kappa shape index (κ3) is 0.624. The van der Waals surface area contributed by atoms with Gasteiger partial charge in [0.25, 0.3) is 0 Å². The van der Waals surface area contributed by atoms with E-state index in [9.17, 15) is 0 Å². The highest BCUT2D eigenvalue weighted by Crippen LogP contribution is 2.58. The van der Waals surface area contributed by atoms with Crippen molar-refractivity contribution >= 4 is 0 Å². The van der Waals surface area contributed by atoms with Crippen molar-refractivity contribution in [3.05, 3.63) is 12.7 Å². The lowest BCUT2D eigenvalue weighted by molar-refractivity contribution is 0.292. The molecule has 0 saturated heterocycles. The van der Waals surface area contributed by atoms with Crippen molar-refractivity contribution < 1.29 is 0 Å². The summed E-state index contributed by atoms with van der Waals surface area (Å²) in [6, 6.07) is 0. The smallest absolute Gasteiger partial charge is 0.0154 e. The number of hydrogen-bond donors (Lipinski definition) is 0. The van der Waals surface area contributed by atoms with Gasteiger partial charge in [-0.1, -0.05) is 13.0 Å². The van der Waals surface area contributed by atoms with Gasteiger partial charge in [-0.05, 0) is 42.9 Å². The van der Waals surface area contributed by atoms with Crippen molar-refractivity contribution in [1.82, 2.24) is 0 Å². The van der Waals surface area contributed by atoms with Crippen LogP contribution in [-0.4, -0.2) is 0 Å². The largest absolute Gasteiger partial charge is 0.103 e. The van der Waals surface area contributed by atoms with E-state index >= 15 is 0 Å². The van der Waals surface area contributed by atoms with Crippen molar-refractivity contribution in [2.75, 3.05) is 0 Å². The van der Waals surface area contributed by atoms with E-state index in [1.165, 1.54) is 25.7 Å². The van der Waals surface area contributed by atoms with Gasteiger partial charge >= 0.3 is 0 Å². The molecule has 1 atom stereocenters. The number of rotatable bonds is 1. The van der Waals surface area contributed by atoms with Gasteiger partial charge in [-0.25, -0.2) is 0 Å². The molecule has 2 bridgehead atoms. The second-order valence-corrected chi connectivity index (χ2v) is 4.25. The summed E-state index contributed by atoms with van der Waals surface area (Å²) in [4.78, 5) is 0. The van der Waals surface area contributed by atoms with E-state index in [4.69, 9.17) is 0 Å². The van der Waals surface area contributed by atoms with Crippen LogP contribution >= 0.6 is 0 Å². The molecule has 0 amide bonds. The predicted octanol–water partition coefficient (Wildman–Crippen LogP) is 3.00. The number of allylic oxidation sites excluding steroid dienone is 1. The molecular weight excluding hydrogens is 120 g/mol. The Hall–Kier alpha value is -0.260. The lowest BCUT2D eigenvalue weighted by atomic mass is 9.81. The number of hydrogen-bond acceptors (Lipinski definition) is 0. The van der Waals surface area contributed by atoms with E-state index in [2.05, 4.69) is 19.6 Å². The van der Waals surface area contributed by atoms with E-state index in [1.807, 2.05) is 0 Å². The molecule has 56 valence electrons. The number of fused-ring (bicyclic) bond motifs is 2. The van der Waals surface area contributed by atoms with Crippen LogP contribution in [0.4, 0.5) is 0 Å². The van der Waals surface area contributed by atoms with E-state index in [-0.39, 0.29) is 0 Å². The summed E-state index contributed by atoms with van der Waals surface area (Å²) in [5, 5.41) is 0. The summed E-state index contributed by atoms with van der Waals surface area (Å²) in [7, 11) is 0. The Morgan fingerprint density at radius 1 is 1.40 bits per heavy atom. The zero-order valence-electron chi connectivity index (χ0n) is 6.77. The molecule has 0 nitrogen and oxygen atoms in total. The average molecular weight is 136 g/mol. The van der Waals surface area contributed by atoms with Crippen LogP contribution in [0.25, 0.3) is 0 Å². The molecule has 2 aliphatic carbocycles. The maximum Gasteiger partial charge on any atom is -0.0154 e. The standard InChI is InChI=1S/C10H16/c1-3-9-8-4-6-10(9,2)7-5-8/h3,8-9H,1,4-7H2,2H3. The fourth-order valence-corrected chi connectivity index (χ4v) is 3.04. The van der Waals surface area contributed by atoms with Crippen molar-refractivity contribution in [3.8, 4) is 0 Å². The van der Waals surface area contributed by atoms with Gasteiger partial charge in [-0.2, -0.15) is 0 Å². The summed E-state index contributed by atoms with van der Waals surface area (Å²) in [5.41, 5.74) is 0.659. The first-order chi connectivity index (χ1) is 4.76. The Bertz CT molecular complexity index is 149. The molecule has 0 radical (unpaired) electrons. The Kier molecular flexibility index (Phi) is 1.21. The quantitative estimate of drug-likeness (QED) is 0.486. The molecule has 0 aromatic carbocycles. The average Bonchev–Trinajstić information content (AvgIpc) is 2.39. The van der Waals surface area contributed by atoms with E-state index in [1.54, 1.807) is 0 Å². The third-order valence-corrected chi connectivity index (χ3v) is 3.74. The highest BCUT2D eigenvalue weighted by atomic mass is 14.5. The van der Waals surface area contributed by atoms with Crippen molar-refractivity contribution in [2.24, 2.45) is 17.3 Å². The van der Waals surface area contributed by atoms with Crippen LogP contribution < -0.4 is 0 Å². The Labute approximate surface area is 63.3 Å². The minimum absolute atomic E-state index is 0.659. The lowest BCUT2D eigenvalue weighted by Crippen LogP contribution is -2.15. The van der Waals surface area contributed by atoms with Crippen LogP contribution in [0.15, 0.2) is 12.7 Å². The van der Waals surface area contributed by atoms with Gasteiger partial charge < -0.3 is 0 Å². The Morgan fingerprint density at radius 3 is 2.20 bits per heavy atom.